The fraction of sp³-hybridized carbons (Fsp3) is 0.548. The summed E-state index contributed by atoms with van der Waals surface area (Å²) in [5.41, 5.74) is 1.42. The first-order chi connectivity index (χ1) is 18.6. The number of nitrogens with zero attached hydrogens (tertiary/aromatic N) is 1. The maximum Gasteiger partial charge on any atom is 0.326 e. The van der Waals surface area contributed by atoms with E-state index < -0.39 is 23.5 Å². The van der Waals surface area contributed by atoms with Gasteiger partial charge in [0.05, 0.1) is 19.3 Å². The number of methoxy groups -OCH3 is 2. The third kappa shape index (κ3) is 6.26. The number of halogens is 1. The molecule has 7 nitrogen and oxygen atoms in total. The molecule has 2 fully saturated rings. The van der Waals surface area contributed by atoms with Crippen molar-refractivity contribution in [2.75, 3.05) is 14.2 Å². The zero-order valence-electron chi connectivity index (χ0n) is 23.5. The number of carboxylic acid groups (broad SMARTS) is 1. The summed E-state index contributed by atoms with van der Waals surface area (Å²) in [6.07, 6.45) is 3.17. The van der Waals surface area contributed by atoms with E-state index in [4.69, 9.17) is 21.1 Å². The van der Waals surface area contributed by atoms with Crippen molar-refractivity contribution in [3.05, 3.63) is 64.7 Å². The number of hydrogen-bond acceptors (Lipinski definition) is 5. The van der Waals surface area contributed by atoms with Crippen molar-refractivity contribution < 1.29 is 24.2 Å². The first-order valence-corrected chi connectivity index (χ1v) is 14.1. The number of benzene rings is 2. The van der Waals surface area contributed by atoms with E-state index in [1.807, 2.05) is 42.5 Å². The third-order valence-electron chi connectivity index (χ3n) is 8.40. The van der Waals surface area contributed by atoms with Gasteiger partial charge in [0.2, 0.25) is 5.91 Å². The summed E-state index contributed by atoms with van der Waals surface area (Å²) in [7, 11) is 3.29. The number of carboxylic acids is 1. The minimum atomic E-state index is -0.977. The molecular formula is C31H41ClN2O5. The molecule has 1 aliphatic carbocycles. The first-order valence-electron chi connectivity index (χ1n) is 13.7. The average molecular weight is 557 g/mol. The Morgan fingerprint density at radius 3 is 2.44 bits per heavy atom. The van der Waals surface area contributed by atoms with Crippen LogP contribution in [0.5, 0.6) is 5.75 Å². The number of hydrogen-bond donors (Lipinski definition) is 2. The fourth-order valence-electron chi connectivity index (χ4n) is 6.61. The number of amides is 1. The largest absolute Gasteiger partial charge is 0.496 e. The van der Waals surface area contributed by atoms with Crippen LogP contribution < -0.4 is 10.1 Å². The number of ether oxygens (including phenoxy) is 2. The highest BCUT2D eigenvalue weighted by Crippen LogP contribution is 2.49. The highest BCUT2D eigenvalue weighted by atomic mass is 35.5. The summed E-state index contributed by atoms with van der Waals surface area (Å²) >= 11 is 6.19. The summed E-state index contributed by atoms with van der Waals surface area (Å²) in [5.74, 6) is -1.04. The van der Waals surface area contributed by atoms with Gasteiger partial charge in [0.15, 0.2) is 0 Å². The minimum absolute atomic E-state index is 0.0125. The van der Waals surface area contributed by atoms with Crippen LogP contribution in [0.4, 0.5) is 0 Å². The minimum Gasteiger partial charge on any atom is -0.496 e. The molecule has 0 spiro atoms. The Morgan fingerprint density at radius 1 is 1.10 bits per heavy atom. The standard InChI is InChI=1S/C31H41ClN2O5/c1-31(2,3)25-26(33-18-21-14-15-22(32)17-24(21)39-5)27(19-10-7-6-8-11-19)34(28(25)30(36)37)29(35)20-12-9-13-23(16-20)38-4/h6-8,10-11,14-15,17,20,23,25-28,33H,9,12-13,16,18H2,1-5H3,(H,36,37)/t20-,23-,25-,26-,27-,28-/m1/s1. The maximum absolute atomic E-state index is 14.3. The van der Waals surface area contributed by atoms with E-state index in [1.54, 1.807) is 25.2 Å². The summed E-state index contributed by atoms with van der Waals surface area (Å²) in [4.78, 5) is 29.1. The normalized spacial score (nSPS) is 27.4. The van der Waals surface area contributed by atoms with Gasteiger partial charge in [0.25, 0.3) is 0 Å². The van der Waals surface area contributed by atoms with Crippen molar-refractivity contribution in [2.45, 2.75) is 77.2 Å². The zero-order chi connectivity index (χ0) is 28.3. The number of rotatable bonds is 8. The molecule has 1 saturated heterocycles. The molecule has 1 amide bonds. The number of nitrogens with one attached hydrogen (secondary N) is 1. The molecule has 0 bridgehead atoms. The second-order valence-electron chi connectivity index (χ2n) is 11.9. The third-order valence-corrected chi connectivity index (χ3v) is 8.64. The Balaban J connectivity index is 1.79. The molecule has 212 valence electrons. The molecule has 2 aromatic rings. The Bertz CT molecular complexity index is 1150. The fourth-order valence-corrected chi connectivity index (χ4v) is 6.78. The van der Waals surface area contributed by atoms with Crippen LogP contribution in [-0.2, 0) is 20.9 Å². The molecule has 0 unspecified atom stereocenters. The van der Waals surface area contributed by atoms with Crippen LogP contribution >= 0.6 is 11.6 Å². The number of likely N-dealkylation sites (tertiary alicyclic amines) is 1. The summed E-state index contributed by atoms with van der Waals surface area (Å²) < 4.78 is 11.2. The Labute approximate surface area is 236 Å². The van der Waals surface area contributed by atoms with Gasteiger partial charge >= 0.3 is 5.97 Å². The van der Waals surface area contributed by atoms with Crippen LogP contribution in [0.15, 0.2) is 48.5 Å². The summed E-state index contributed by atoms with van der Waals surface area (Å²) in [6.45, 7) is 6.61. The molecule has 0 radical (unpaired) electrons. The average Bonchev–Trinajstić information content (AvgIpc) is 3.28. The maximum atomic E-state index is 14.3. The van der Waals surface area contributed by atoms with Gasteiger partial charge in [-0.25, -0.2) is 4.79 Å². The van der Waals surface area contributed by atoms with Crippen molar-refractivity contribution >= 4 is 23.5 Å². The summed E-state index contributed by atoms with van der Waals surface area (Å²) in [5, 5.41) is 14.9. The van der Waals surface area contributed by atoms with Gasteiger partial charge in [-0.15, -0.1) is 0 Å². The van der Waals surface area contributed by atoms with Gasteiger partial charge in [0.1, 0.15) is 11.8 Å². The van der Waals surface area contributed by atoms with Crippen LogP contribution in [0.25, 0.3) is 0 Å². The van der Waals surface area contributed by atoms with Gasteiger partial charge in [-0.1, -0.05) is 75.2 Å². The molecule has 2 aromatic carbocycles. The molecule has 1 aliphatic heterocycles. The quantitative estimate of drug-likeness (QED) is 0.433. The lowest BCUT2D eigenvalue weighted by Gasteiger charge is -2.36. The lowest BCUT2D eigenvalue weighted by atomic mass is 9.72. The van der Waals surface area contributed by atoms with Crippen LogP contribution in [0.3, 0.4) is 0 Å². The van der Waals surface area contributed by atoms with E-state index in [-0.39, 0.29) is 29.9 Å². The SMILES string of the molecule is COc1cc(Cl)ccc1CN[C@@H]1[C@@H](C(C)(C)C)[C@H](C(=O)O)N(C(=O)[C@@H]2CCC[C@@H](OC)C2)[C@@H]1c1ccccc1. The molecule has 6 atom stereocenters. The number of aliphatic carboxylic acids is 1. The van der Waals surface area contributed by atoms with Crippen LogP contribution in [0.2, 0.25) is 5.02 Å². The summed E-state index contributed by atoms with van der Waals surface area (Å²) in [6, 6.07) is 13.6. The lowest BCUT2D eigenvalue weighted by molar-refractivity contribution is -0.155. The Kier molecular flexibility index (Phi) is 9.25. The number of carbonyl (C=O) groups excluding carboxylic acids is 1. The van der Waals surface area contributed by atoms with E-state index in [0.29, 0.717) is 23.7 Å². The van der Waals surface area contributed by atoms with Crippen molar-refractivity contribution in [3.63, 3.8) is 0 Å². The molecule has 1 saturated carbocycles. The van der Waals surface area contributed by atoms with Crippen LogP contribution in [0.1, 0.15) is 63.6 Å². The zero-order valence-corrected chi connectivity index (χ0v) is 24.3. The van der Waals surface area contributed by atoms with Crippen molar-refractivity contribution in [1.29, 1.82) is 0 Å². The van der Waals surface area contributed by atoms with E-state index in [0.717, 1.165) is 30.4 Å². The van der Waals surface area contributed by atoms with Crippen molar-refractivity contribution in [1.82, 2.24) is 10.2 Å². The van der Waals surface area contributed by atoms with Gasteiger partial charge in [0, 0.05) is 42.1 Å². The smallest absolute Gasteiger partial charge is 0.326 e. The topological polar surface area (TPSA) is 88.1 Å². The predicted molar refractivity (Wildman–Crippen MR) is 152 cm³/mol. The molecule has 1 heterocycles. The van der Waals surface area contributed by atoms with E-state index in [1.165, 1.54) is 0 Å². The van der Waals surface area contributed by atoms with Crippen LogP contribution in [-0.4, -0.2) is 54.3 Å². The van der Waals surface area contributed by atoms with Gasteiger partial charge in [-0.3, -0.25) is 4.79 Å². The molecule has 4 rings (SSSR count). The Morgan fingerprint density at radius 2 is 1.82 bits per heavy atom. The van der Waals surface area contributed by atoms with E-state index in [9.17, 15) is 14.7 Å². The monoisotopic (exact) mass is 556 g/mol. The molecule has 0 aromatic heterocycles. The van der Waals surface area contributed by atoms with Gasteiger partial charge < -0.3 is 24.8 Å². The highest BCUT2D eigenvalue weighted by Gasteiger charge is 2.58. The lowest BCUT2D eigenvalue weighted by Crippen LogP contribution is -2.49. The first kappa shape index (κ1) is 29.4. The second kappa shape index (κ2) is 12.3. The second-order valence-corrected chi connectivity index (χ2v) is 12.3. The van der Waals surface area contributed by atoms with Crippen molar-refractivity contribution in [2.24, 2.45) is 17.3 Å². The molecule has 2 aliphatic rings. The van der Waals surface area contributed by atoms with Crippen molar-refractivity contribution in [3.8, 4) is 5.75 Å². The number of carbonyl (C=O) groups is 2. The van der Waals surface area contributed by atoms with E-state index >= 15 is 0 Å². The molecular weight excluding hydrogens is 516 g/mol. The van der Waals surface area contributed by atoms with Gasteiger partial charge in [-0.05, 0) is 42.4 Å². The molecule has 39 heavy (non-hydrogen) atoms. The van der Waals surface area contributed by atoms with Crippen LogP contribution in [0, 0.1) is 17.3 Å². The highest BCUT2D eigenvalue weighted by molar-refractivity contribution is 6.30. The molecule has 2 N–H and O–H groups in total. The van der Waals surface area contributed by atoms with E-state index in [2.05, 4.69) is 26.1 Å². The molecule has 8 heteroatoms. The van der Waals surface area contributed by atoms with Gasteiger partial charge in [-0.2, -0.15) is 0 Å². The Hall–Kier alpha value is -2.61. The predicted octanol–water partition coefficient (Wildman–Crippen LogP) is 5.71.